The van der Waals surface area contributed by atoms with E-state index in [9.17, 15) is 15.0 Å². The zero-order chi connectivity index (χ0) is 14.0. The van der Waals surface area contributed by atoms with E-state index in [1.54, 1.807) is 18.2 Å². The van der Waals surface area contributed by atoms with Crippen molar-refractivity contribution in [3.8, 4) is 17.2 Å². The van der Waals surface area contributed by atoms with Gasteiger partial charge in [0.05, 0.1) is 12.6 Å². The normalized spacial score (nSPS) is 10.8. The van der Waals surface area contributed by atoms with Gasteiger partial charge in [0.2, 0.25) is 5.75 Å². The van der Waals surface area contributed by atoms with Gasteiger partial charge in [-0.2, -0.15) is 0 Å². The van der Waals surface area contributed by atoms with Crippen LogP contribution in [0.4, 0.5) is 0 Å². The Morgan fingerprint density at radius 2 is 2.00 bits per heavy atom. The van der Waals surface area contributed by atoms with Gasteiger partial charge < -0.3 is 19.5 Å². The third kappa shape index (κ3) is 2.23. The molecule has 2 rings (SSSR count). The molecule has 1 aromatic carbocycles. The predicted molar refractivity (Wildman–Crippen MR) is 73.0 cm³/mol. The summed E-state index contributed by atoms with van der Waals surface area (Å²) in [6.45, 7) is 2.51. The van der Waals surface area contributed by atoms with Gasteiger partial charge in [0.15, 0.2) is 5.75 Å². The monoisotopic (exact) mass is 263 g/mol. The quantitative estimate of drug-likeness (QED) is 0.887. The number of methoxy groups -OCH3 is 1. The fourth-order valence-electron chi connectivity index (χ4n) is 2.07. The zero-order valence-electron chi connectivity index (χ0n) is 11.0. The number of hydrogen-bond acceptors (Lipinski definition) is 4. The van der Waals surface area contributed by atoms with Crippen LogP contribution in [0.25, 0.3) is 10.9 Å². The number of rotatable bonds is 4. The molecule has 0 spiro atoms. The number of nitrogens with zero attached hydrogens (tertiary/aromatic N) is 1. The van der Waals surface area contributed by atoms with Crippen molar-refractivity contribution < 1.29 is 14.9 Å². The van der Waals surface area contributed by atoms with E-state index in [-0.39, 0.29) is 5.75 Å². The number of aromatic hydroxyl groups is 2. The van der Waals surface area contributed by atoms with Crippen molar-refractivity contribution in [2.45, 2.75) is 26.3 Å². The molecule has 0 fully saturated rings. The minimum atomic E-state index is -0.603. The van der Waals surface area contributed by atoms with Gasteiger partial charge in [-0.25, -0.2) is 0 Å². The summed E-state index contributed by atoms with van der Waals surface area (Å²) >= 11 is 0. The number of aryl methyl sites for hydroxylation is 1. The van der Waals surface area contributed by atoms with Crippen molar-refractivity contribution in [2.75, 3.05) is 7.11 Å². The van der Waals surface area contributed by atoms with Crippen LogP contribution in [0.3, 0.4) is 0 Å². The van der Waals surface area contributed by atoms with Crippen LogP contribution in [0.15, 0.2) is 23.0 Å². The topological polar surface area (TPSA) is 71.7 Å². The highest BCUT2D eigenvalue weighted by atomic mass is 16.5. The van der Waals surface area contributed by atoms with Crippen molar-refractivity contribution in [2.24, 2.45) is 0 Å². The lowest BCUT2D eigenvalue weighted by molar-refractivity contribution is 0.396. The highest BCUT2D eigenvalue weighted by Gasteiger charge is 2.15. The Morgan fingerprint density at radius 1 is 1.26 bits per heavy atom. The van der Waals surface area contributed by atoms with Crippen molar-refractivity contribution in [1.82, 2.24) is 4.57 Å². The molecule has 0 aliphatic rings. The third-order valence-corrected chi connectivity index (χ3v) is 3.16. The Labute approximate surface area is 110 Å². The molecular formula is C14H17NO4. The minimum Gasteiger partial charge on any atom is -0.504 e. The van der Waals surface area contributed by atoms with Crippen LogP contribution in [0.2, 0.25) is 0 Å². The van der Waals surface area contributed by atoms with Crippen LogP contribution < -0.4 is 10.3 Å². The molecule has 19 heavy (non-hydrogen) atoms. The Hall–Kier alpha value is -2.17. The average molecular weight is 263 g/mol. The standard InChI is InChI=1S/C14H17NO4/c1-3-4-7-15-11-8-9(19-2)5-6-10(11)12(16)13(17)14(15)18/h5-6,8,16-17H,3-4,7H2,1-2H3. The number of fused-ring (bicyclic) bond motifs is 1. The molecule has 0 saturated heterocycles. The van der Waals surface area contributed by atoms with E-state index >= 15 is 0 Å². The Balaban J connectivity index is 2.78. The molecule has 0 saturated carbocycles. The first-order valence-corrected chi connectivity index (χ1v) is 6.22. The zero-order valence-corrected chi connectivity index (χ0v) is 11.0. The van der Waals surface area contributed by atoms with E-state index in [1.807, 2.05) is 6.92 Å². The molecule has 5 heteroatoms. The summed E-state index contributed by atoms with van der Waals surface area (Å²) in [6.07, 6.45) is 1.75. The lowest BCUT2D eigenvalue weighted by Crippen LogP contribution is -2.20. The summed E-state index contributed by atoms with van der Waals surface area (Å²) in [6, 6.07) is 4.99. The Morgan fingerprint density at radius 3 is 2.63 bits per heavy atom. The van der Waals surface area contributed by atoms with Gasteiger partial charge in [-0.3, -0.25) is 4.79 Å². The number of aromatic nitrogens is 1. The highest BCUT2D eigenvalue weighted by Crippen LogP contribution is 2.32. The second-order valence-corrected chi connectivity index (χ2v) is 4.39. The van der Waals surface area contributed by atoms with Gasteiger partial charge in [-0.1, -0.05) is 13.3 Å². The maximum absolute atomic E-state index is 12.0. The molecule has 1 aromatic heterocycles. The van der Waals surface area contributed by atoms with Crippen molar-refractivity contribution >= 4 is 10.9 Å². The van der Waals surface area contributed by atoms with Gasteiger partial charge in [0.25, 0.3) is 5.56 Å². The lowest BCUT2D eigenvalue weighted by Gasteiger charge is -2.13. The summed E-state index contributed by atoms with van der Waals surface area (Å²) < 4.78 is 6.60. The van der Waals surface area contributed by atoms with Crippen LogP contribution in [-0.4, -0.2) is 21.9 Å². The summed E-state index contributed by atoms with van der Waals surface area (Å²) in [5, 5.41) is 20.0. The molecule has 5 nitrogen and oxygen atoms in total. The van der Waals surface area contributed by atoms with Gasteiger partial charge >= 0.3 is 0 Å². The summed E-state index contributed by atoms with van der Waals surface area (Å²) in [5.74, 6) is -0.383. The Kier molecular flexibility index (Phi) is 3.64. The predicted octanol–water partition coefficient (Wildman–Crippen LogP) is 2.22. The fourth-order valence-corrected chi connectivity index (χ4v) is 2.07. The van der Waals surface area contributed by atoms with Gasteiger partial charge in [-0.05, 0) is 18.6 Å². The summed E-state index contributed by atoms with van der Waals surface area (Å²) in [4.78, 5) is 12.0. The van der Waals surface area contributed by atoms with E-state index in [1.165, 1.54) is 11.7 Å². The fraction of sp³-hybridized carbons (Fsp3) is 0.357. The third-order valence-electron chi connectivity index (χ3n) is 3.16. The van der Waals surface area contributed by atoms with E-state index < -0.39 is 11.3 Å². The van der Waals surface area contributed by atoms with Crippen LogP contribution >= 0.6 is 0 Å². The molecule has 0 amide bonds. The van der Waals surface area contributed by atoms with E-state index in [2.05, 4.69) is 0 Å². The molecule has 0 aliphatic carbocycles. The van der Waals surface area contributed by atoms with Crippen molar-refractivity contribution in [1.29, 1.82) is 0 Å². The molecule has 0 aliphatic heterocycles. The first kappa shape index (κ1) is 13.3. The van der Waals surface area contributed by atoms with Crippen LogP contribution in [0.5, 0.6) is 17.2 Å². The molecule has 0 atom stereocenters. The van der Waals surface area contributed by atoms with E-state index in [0.29, 0.717) is 23.2 Å². The number of hydrogen-bond donors (Lipinski definition) is 2. The molecule has 0 bridgehead atoms. The number of ether oxygens (including phenoxy) is 1. The average Bonchev–Trinajstić information content (AvgIpc) is 2.44. The molecule has 1 heterocycles. The lowest BCUT2D eigenvalue weighted by atomic mass is 10.1. The summed E-state index contributed by atoms with van der Waals surface area (Å²) in [7, 11) is 1.54. The van der Waals surface area contributed by atoms with Gasteiger partial charge in [-0.15, -0.1) is 0 Å². The van der Waals surface area contributed by atoms with Gasteiger partial charge in [0, 0.05) is 18.0 Å². The minimum absolute atomic E-state index is 0.379. The van der Waals surface area contributed by atoms with Crippen molar-refractivity contribution in [3.05, 3.63) is 28.6 Å². The second-order valence-electron chi connectivity index (χ2n) is 4.39. The maximum atomic E-state index is 12.0. The van der Waals surface area contributed by atoms with Crippen LogP contribution in [-0.2, 0) is 6.54 Å². The van der Waals surface area contributed by atoms with Crippen molar-refractivity contribution in [3.63, 3.8) is 0 Å². The molecule has 102 valence electrons. The Bertz CT molecular complexity index is 661. The summed E-state index contributed by atoms with van der Waals surface area (Å²) in [5.41, 5.74) is -0.0141. The first-order chi connectivity index (χ1) is 9.10. The van der Waals surface area contributed by atoms with E-state index in [0.717, 1.165) is 12.8 Å². The number of benzene rings is 1. The molecule has 0 unspecified atom stereocenters. The molecular weight excluding hydrogens is 246 g/mol. The van der Waals surface area contributed by atoms with E-state index in [4.69, 9.17) is 4.74 Å². The SMILES string of the molecule is CCCCn1c(=O)c(O)c(O)c2ccc(OC)cc21. The molecule has 0 radical (unpaired) electrons. The number of pyridine rings is 1. The maximum Gasteiger partial charge on any atom is 0.297 e. The molecule has 2 N–H and O–H groups in total. The first-order valence-electron chi connectivity index (χ1n) is 6.22. The van der Waals surface area contributed by atoms with Crippen LogP contribution in [0.1, 0.15) is 19.8 Å². The largest absolute Gasteiger partial charge is 0.504 e. The number of unbranched alkanes of at least 4 members (excludes halogenated alkanes) is 1. The second kappa shape index (κ2) is 5.22. The van der Waals surface area contributed by atoms with Gasteiger partial charge in [0.1, 0.15) is 5.75 Å². The highest BCUT2D eigenvalue weighted by molar-refractivity contribution is 5.88. The van der Waals surface area contributed by atoms with Crippen LogP contribution in [0, 0.1) is 0 Å². The smallest absolute Gasteiger partial charge is 0.297 e. The molecule has 2 aromatic rings.